The van der Waals surface area contributed by atoms with Gasteiger partial charge in [0.25, 0.3) is 0 Å². The molecule has 7 nitrogen and oxygen atoms in total. The van der Waals surface area contributed by atoms with Gasteiger partial charge in [0.15, 0.2) is 0 Å². The molecular formula is C22H26N4O3S. The van der Waals surface area contributed by atoms with E-state index < -0.39 is 0 Å². The average molecular weight is 427 g/mol. The molecule has 3 aromatic rings. The number of benzene rings is 1. The minimum Gasteiger partial charge on any atom is -0.497 e. The Morgan fingerprint density at radius 3 is 2.80 bits per heavy atom. The van der Waals surface area contributed by atoms with E-state index in [2.05, 4.69) is 33.6 Å². The third-order valence-electron chi connectivity index (χ3n) is 6.67. The summed E-state index contributed by atoms with van der Waals surface area (Å²) in [6, 6.07) is 6.05. The first-order valence-corrected chi connectivity index (χ1v) is 11.0. The highest BCUT2D eigenvalue weighted by Gasteiger charge is 2.54. The SMILES string of the molecule is COc1ccc2c3c(n(C)c2c1)[C@H](CO)N(Cc1nccs1)CC31CN(C(C)=O)C1. The van der Waals surface area contributed by atoms with Crippen molar-refractivity contribution in [3.63, 3.8) is 0 Å². The third kappa shape index (κ3) is 2.78. The van der Waals surface area contributed by atoms with Crippen LogP contribution in [0.5, 0.6) is 5.75 Å². The van der Waals surface area contributed by atoms with Gasteiger partial charge in [-0.15, -0.1) is 11.3 Å². The van der Waals surface area contributed by atoms with Crippen molar-refractivity contribution >= 4 is 28.1 Å². The topological polar surface area (TPSA) is 70.8 Å². The van der Waals surface area contributed by atoms with E-state index in [9.17, 15) is 9.90 Å². The number of methoxy groups -OCH3 is 1. The number of aliphatic hydroxyl groups excluding tert-OH is 1. The molecule has 158 valence electrons. The van der Waals surface area contributed by atoms with Crippen LogP contribution in [0.15, 0.2) is 29.8 Å². The molecule has 5 rings (SSSR count). The van der Waals surface area contributed by atoms with Crippen LogP contribution < -0.4 is 4.74 Å². The Hall–Kier alpha value is -2.42. The van der Waals surface area contributed by atoms with Gasteiger partial charge in [0.2, 0.25) is 5.91 Å². The highest BCUT2D eigenvalue weighted by molar-refractivity contribution is 7.09. The number of thiazole rings is 1. The van der Waals surface area contributed by atoms with Crippen molar-refractivity contribution in [3.8, 4) is 5.75 Å². The van der Waals surface area contributed by atoms with E-state index in [0.29, 0.717) is 19.6 Å². The molecule has 0 unspecified atom stereocenters. The summed E-state index contributed by atoms with van der Waals surface area (Å²) in [5.74, 6) is 0.925. The van der Waals surface area contributed by atoms with Crippen molar-refractivity contribution in [1.82, 2.24) is 19.4 Å². The smallest absolute Gasteiger partial charge is 0.219 e. The zero-order chi connectivity index (χ0) is 21.0. The van der Waals surface area contributed by atoms with Gasteiger partial charge in [-0.25, -0.2) is 4.98 Å². The lowest BCUT2D eigenvalue weighted by Crippen LogP contribution is -2.67. The molecule has 2 aromatic heterocycles. The minimum absolute atomic E-state index is 0.0339. The number of likely N-dealkylation sites (tertiary alicyclic amines) is 1. The number of amides is 1. The standard InChI is InChI=1S/C22H26N4O3S/c1-14(28)26-12-22(13-26)11-25(9-19-23-6-7-30-19)18(10-27)21-20(22)16-5-4-15(29-3)8-17(16)24(21)2/h4-8,18,27H,9-13H2,1-3H3/t18-/m0/s1. The first-order chi connectivity index (χ1) is 14.5. The van der Waals surface area contributed by atoms with Gasteiger partial charge in [0.1, 0.15) is 10.8 Å². The maximum atomic E-state index is 12.0. The van der Waals surface area contributed by atoms with Crippen LogP contribution in [-0.4, -0.2) is 63.7 Å². The van der Waals surface area contributed by atoms with Gasteiger partial charge in [-0.1, -0.05) is 0 Å². The van der Waals surface area contributed by atoms with Crippen LogP contribution in [0.2, 0.25) is 0 Å². The molecule has 1 N–H and O–H groups in total. The molecule has 30 heavy (non-hydrogen) atoms. The van der Waals surface area contributed by atoms with Gasteiger partial charge in [-0.3, -0.25) is 9.69 Å². The molecule has 1 saturated heterocycles. The molecule has 1 amide bonds. The van der Waals surface area contributed by atoms with Crippen LogP contribution in [0.1, 0.15) is 29.2 Å². The second-order valence-corrected chi connectivity index (χ2v) is 9.37. The largest absolute Gasteiger partial charge is 0.497 e. The maximum absolute atomic E-state index is 12.0. The fraction of sp³-hybridized carbons (Fsp3) is 0.455. The van der Waals surface area contributed by atoms with E-state index in [-0.39, 0.29) is 24.0 Å². The molecule has 2 aliphatic heterocycles. The molecule has 1 aromatic carbocycles. The predicted molar refractivity (Wildman–Crippen MR) is 116 cm³/mol. The number of fused-ring (bicyclic) bond motifs is 4. The van der Waals surface area contributed by atoms with Crippen LogP contribution in [-0.2, 0) is 23.8 Å². The lowest BCUT2D eigenvalue weighted by Gasteiger charge is -2.56. The highest BCUT2D eigenvalue weighted by atomic mass is 32.1. The lowest BCUT2D eigenvalue weighted by atomic mass is 9.68. The van der Waals surface area contributed by atoms with Crippen LogP contribution in [0.25, 0.3) is 10.9 Å². The highest BCUT2D eigenvalue weighted by Crippen LogP contribution is 2.49. The number of ether oxygens (including phenoxy) is 1. The third-order valence-corrected chi connectivity index (χ3v) is 7.44. The Kier molecular flexibility index (Phi) is 4.61. The van der Waals surface area contributed by atoms with Crippen molar-refractivity contribution in [3.05, 3.63) is 46.0 Å². The van der Waals surface area contributed by atoms with Crippen molar-refractivity contribution in [1.29, 1.82) is 0 Å². The Balaban J connectivity index is 1.68. The molecule has 1 fully saturated rings. The molecule has 2 aliphatic rings. The lowest BCUT2D eigenvalue weighted by molar-refractivity contribution is -0.138. The quantitative estimate of drug-likeness (QED) is 0.693. The normalized spacial score (nSPS) is 20.4. The first kappa shape index (κ1) is 19.5. The summed E-state index contributed by atoms with van der Waals surface area (Å²) in [6.45, 7) is 4.55. The summed E-state index contributed by atoms with van der Waals surface area (Å²) >= 11 is 1.63. The zero-order valence-corrected chi connectivity index (χ0v) is 18.3. The van der Waals surface area contributed by atoms with E-state index >= 15 is 0 Å². The van der Waals surface area contributed by atoms with Crippen molar-refractivity contribution in [2.24, 2.45) is 7.05 Å². The fourth-order valence-electron chi connectivity index (χ4n) is 5.30. The number of aryl methyl sites for hydroxylation is 1. The Bertz CT molecular complexity index is 1100. The summed E-state index contributed by atoms with van der Waals surface area (Å²) in [7, 11) is 3.74. The number of aromatic nitrogens is 2. The molecule has 0 radical (unpaired) electrons. The van der Waals surface area contributed by atoms with E-state index in [0.717, 1.165) is 28.5 Å². The number of rotatable bonds is 4. The molecule has 1 spiro atoms. The first-order valence-electron chi connectivity index (χ1n) is 10.1. The summed E-state index contributed by atoms with van der Waals surface area (Å²) in [4.78, 5) is 20.7. The van der Waals surface area contributed by atoms with Crippen LogP contribution >= 0.6 is 11.3 Å². The molecule has 4 heterocycles. The Morgan fingerprint density at radius 1 is 1.37 bits per heavy atom. The maximum Gasteiger partial charge on any atom is 0.219 e. The minimum atomic E-state index is -0.141. The monoisotopic (exact) mass is 426 g/mol. The number of nitrogens with zero attached hydrogens (tertiary/aromatic N) is 4. The molecule has 1 atom stereocenters. The number of hydrogen-bond donors (Lipinski definition) is 1. The Labute approximate surface area is 179 Å². The van der Waals surface area contributed by atoms with Crippen molar-refractivity contribution in [2.45, 2.75) is 24.9 Å². The van der Waals surface area contributed by atoms with Gasteiger partial charge in [-0.05, 0) is 17.7 Å². The number of aliphatic hydroxyl groups is 1. The second kappa shape index (κ2) is 7.08. The van der Waals surface area contributed by atoms with Crippen LogP contribution in [0.4, 0.5) is 0 Å². The van der Waals surface area contributed by atoms with Crippen molar-refractivity contribution in [2.75, 3.05) is 33.4 Å². The fourth-order valence-corrected chi connectivity index (χ4v) is 5.94. The predicted octanol–water partition coefficient (Wildman–Crippen LogP) is 2.29. The van der Waals surface area contributed by atoms with Gasteiger partial charge < -0.3 is 19.3 Å². The van der Waals surface area contributed by atoms with Gasteiger partial charge in [0.05, 0.1) is 31.8 Å². The zero-order valence-electron chi connectivity index (χ0n) is 17.5. The molecule has 0 saturated carbocycles. The Morgan fingerprint density at radius 2 is 2.17 bits per heavy atom. The summed E-state index contributed by atoms with van der Waals surface area (Å²) in [5.41, 5.74) is 3.36. The van der Waals surface area contributed by atoms with Gasteiger partial charge >= 0.3 is 0 Å². The average Bonchev–Trinajstić information content (AvgIpc) is 3.32. The molecule has 8 heteroatoms. The van der Waals surface area contributed by atoms with Crippen LogP contribution in [0, 0.1) is 0 Å². The summed E-state index contributed by atoms with van der Waals surface area (Å²) in [5, 5.41) is 14.6. The van der Waals surface area contributed by atoms with E-state index in [1.165, 1.54) is 10.9 Å². The van der Waals surface area contributed by atoms with Gasteiger partial charge in [-0.2, -0.15) is 0 Å². The van der Waals surface area contributed by atoms with Crippen LogP contribution in [0.3, 0.4) is 0 Å². The summed E-state index contributed by atoms with van der Waals surface area (Å²) < 4.78 is 7.66. The number of hydrogen-bond acceptors (Lipinski definition) is 6. The number of carbonyl (C=O) groups excluding carboxylic acids is 1. The summed E-state index contributed by atoms with van der Waals surface area (Å²) in [6.07, 6.45) is 1.82. The molecular weight excluding hydrogens is 400 g/mol. The molecule has 0 aliphatic carbocycles. The van der Waals surface area contributed by atoms with Gasteiger partial charge in [0, 0.05) is 67.7 Å². The molecule has 0 bridgehead atoms. The van der Waals surface area contributed by atoms with E-state index in [1.807, 2.05) is 22.5 Å². The van der Waals surface area contributed by atoms with E-state index in [1.54, 1.807) is 25.4 Å². The van der Waals surface area contributed by atoms with Crippen molar-refractivity contribution < 1.29 is 14.6 Å². The van der Waals surface area contributed by atoms with E-state index in [4.69, 9.17) is 4.74 Å². The second-order valence-electron chi connectivity index (χ2n) is 8.39. The number of carbonyl (C=O) groups is 1.